The molecule has 1 aromatic heterocycles. The molecule has 0 saturated heterocycles. The fourth-order valence-corrected chi connectivity index (χ4v) is 1.95. The fraction of sp³-hybridized carbons (Fsp3) is 0.400. The largest absolute Gasteiger partial charge is 0.489 e. The Kier molecular flexibility index (Phi) is 4.58. The van der Waals surface area contributed by atoms with E-state index in [-0.39, 0.29) is 6.04 Å². The van der Waals surface area contributed by atoms with E-state index in [9.17, 15) is 0 Å². The molecule has 0 aliphatic carbocycles. The van der Waals surface area contributed by atoms with Gasteiger partial charge < -0.3 is 10.5 Å². The zero-order valence-corrected chi connectivity index (χ0v) is 11.5. The van der Waals surface area contributed by atoms with E-state index in [1.165, 1.54) is 5.56 Å². The molecule has 1 heterocycles. The Bertz CT molecular complexity index is 520. The highest BCUT2D eigenvalue weighted by Gasteiger charge is 2.02. The van der Waals surface area contributed by atoms with E-state index in [2.05, 4.69) is 18.1 Å². The maximum Gasteiger partial charge on any atom is 0.120 e. The second kappa shape index (κ2) is 6.38. The van der Waals surface area contributed by atoms with Crippen molar-refractivity contribution in [1.82, 2.24) is 9.78 Å². The first-order valence-electron chi connectivity index (χ1n) is 6.66. The quantitative estimate of drug-likeness (QED) is 0.866. The van der Waals surface area contributed by atoms with Crippen molar-refractivity contribution in [2.24, 2.45) is 5.73 Å². The Morgan fingerprint density at radius 2 is 2.21 bits per heavy atom. The summed E-state index contributed by atoms with van der Waals surface area (Å²) in [5.41, 5.74) is 8.09. The van der Waals surface area contributed by atoms with Crippen LogP contribution >= 0.6 is 0 Å². The van der Waals surface area contributed by atoms with E-state index >= 15 is 0 Å². The molecule has 0 aliphatic rings. The minimum atomic E-state index is 0.165. The molecule has 4 nitrogen and oxygen atoms in total. The Morgan fingerprint density at radius 1 is 1.37 bits per heavy atom. The van der Waals surface area contributed by atoms with Gasteiger partial charge in [-0.2, -0.15) is 5.10 Å². The van der Waals surface area contributed by atoms with Crippen LogP contribution in [0.3, 0.4) is 0 Å². The zero-order chi connectivity index (χ0) is 13.7. The van der Waals surface area contributed by atoms with E-state index in [0.717, 1.165) is 24.3 Å². The fourth-order valence-electron chi connectivity index (χ4n) is 1.95. The molecule has 2 aromatic rings. The van der Waals surface area contributed by atoms with Crippen LogP contribution < -0.4 is 10.5 Å². The third-order valence-corrected chi connectivity index (χ3v) is 2.87. The average Bonchev–Trinajstić information content (AvgIpc) is 2.84. The molecular formula is C15H21N3O. The molecule has 2 rings (SSSR count). The van der Waals surface area contributed by atoms with Crippen molar-refractivity contribution in [3.63, 3.8) is 0 Å². The Labute approximate surface area is 114 Å². The molecular weight excluding hydrogens is 238 g/mol. The Hall–Kier alpha value is -1.81. The van der Waals surface area contributed by atoms with E-state index in [1.807, 2.05) is 42.2 Å². The maximum absolute atomic E-state index is 5.81. The van der Waals surface area contributed by atoms with Crippen LogP contribution in [0.25, 0.3) is 0 Å². The second-order valence-electron chi connectivity index (χ2n) is 4.82. The molecule has 4 heteroatoms. The number of nitrogens with two attached hydrogens (primary N) is 1. The van der Waals surface area contributed by atoms with Crippen LogP contribution in [0, 0.1) is 0 Å². The van der Waals surface area contributed by atoms with Crippen LogP contribution in [0.2, 0.25) is 0 Å². The second-order valence-corrected chi connectivity index (χ2v) is 4.82. The topological polar surface area (TPSA) is 53.1 Å². The van der Waals surface area contributed by atoms with Crippen molar-refractivity contribution in [3.8, 4) is 5.75 Å². The summed E-state index contributed by atoms with van der Waals surface area (Å²) in [6, 6.07) is 8.26. The summed E-state index contributed by atoms with van der Waals surface area (Å²) in [6.45, 7) is 5.49. The predicted molar refractivity (Wildman–Crippen MR) is 76.0 cm³/mol. The zero-order valence-electron chi connectivity index (χ0n) is 11.5. The third-order valence-electron chi connectivity index (χ3n) is 2.87. The van der Waals surface area contributed by atoms with Gasteiger partial charge in [-0.3, -0.25) is 4.68 Å². The smallest absolute Gasteiger partial charge is 0.120 e. The van der Waals surface area contributed by atoms with Crippen LogP contribution in [0.1, 0.15) is 25.0 Å². The number of benzene rings is 1. The molecule has 1 aromatic carbocycles. The molecule has 0 bridgehead atoms. The summed E-state index contributed by atoms with van der Waals surface area (Å²) in [5.74, 6) is 0.877. The first-order chi connectivity index (χ1) is 9.17. The summed E-state index contributed by atoms with van der Waals surface area (Å²) in [6.07, 6.45) is 4.71. The summed E-state index contributed by atoms with van der Waals surface area (Å²) < 4.78 is 7.67. The van der Waals surface area contributed by atoms with Crippen LogP contribution in [0.15, 0.2) is 36.7 Å². The van der Waals surface area contributed by atoms with Crippen molar-refractivity contribution in [2.75, 3.05) is 0 Å². The highest BCUT2D eigenvalue weighted by molar-refractivity contribution is 5.29. The van der Waals surface area contributed by atoms with Crippen molar-refractivity contribution in [1.29, 1.82) is 0 Å². The highest BCUT2D eigenvalue weighted by Crippen LogP contribution is 2.16. The number of hydrogen-bond donors (Lipinski definition) is 1. The van der Waals surface area contributed by atoms with Crippen molar-refractivity contribution >= 4 is 0 Å². The summed E-state index contributed by atoms with van der Waals surface area (Å²) in [4.78, 5) is 0. The van der Waals surface area contributed by atoms with Crippen molar-refractivity contribution in [3.05, 3.63) is 47.8 Å². The molecule has 19 heavy (non-hydrogen) atoms. The van der Waals surface area contributed by atoms with E-state index in [1.54, 1.807) is 0 Å². The van der Waals surface area contributed by atoms with Gasteiger partial charge in [0.1, 0.15) is 12.4 Å². The molecule has 0 spiro atoms. The lowest BCUT2D eigenvalue weighted by atomic mass is 10.1. The first kappa shape index (κ1) is 13.6. The number of aryl methyl sites for hydroxylation is 1. The molecule has 1 atom stereocenters. The van der Waals surface area contributed by atoms with Crippen molar-refractivity contribution < 1.29 is 4.74 Å². The van der Waals surface area contributed by atoms with Gasteiger partial charge in [0.2, 0.25) is 0 Å². The molecule has 2 N–H and O–H groups in total. The minimum absolute atomic E-state index is 0.165. The van der Waals surface area contributed by atoms with Crippen LogP contribution in [0.4, 0.5) is 0 Å². The van der Waals surface area contributed by atoms with Gasteiger partial charge in [-0.05, 0) is 38.0 Å². The van der Waals surface area contributed by atoms with Gasteiger partial charge in [0, 0.05) is 24.3 Å². The molecule has 0 saturated carbocycles. The van der Waals surface area contributed by atoms with E-state index < -0.39 is 0 Å². The van der Waals surface area contributed by atoms with Gasteiger partial charge in [0.05, 0.1) is 6.20 Å². The highest BCUT2D eigenvalue weighted by atomic mass is 16.5. The molecule has 102 valence electrons. The number of nitrogens with zero attached hydrogens (tertiary/aromatic N) is 2. The van der Waals surface area contributed by atoms with Gasteiger partial charge in [-0.1, -0.05) is 12.1 Å². The van der Waals surface area contributed by atoms with E-state index in [4.69, 9.17) is 10.5 Å². The third kappa shape index (κ3) is 4.10. The normalized spacial score (nSPS) is 12.4. The standard InChI is InChI=1S/C15H21N3O/c1-3-18-10-14(9-17-18)11-19-15-6-4-5-13(8-15)7-12(2)16/h4-6,8-10,12H,3,7,11,16H2,1-2H3. The minimum Gasteiger partial charge on any atom is -0.489 e. The Balaban J connectivity index is 1.95. The molecule has 0 radical (unpaired) electrons. The maximum atomic E-state index is 5.81. The summed E-state index contributed by atoms with van der Waals surface area (Å²) >= 11 is 0. The molecule has 0 amide bonds. The summed E-state index contributed by atoms with van der Waals surface area (Å²) in [5, 5.41) is 4.22. The van der Waals surface area contributed by atoms with Gasteiger partial charge in [0.25, 0.3) is 0 Å². The lowest BCUT2D eigenvalue weighted by Gasteiger charge is -2.08. The number of rotatable bonds is 6. The number of ether oxygens (including phenoxy) is 1. The first-order valence-corrected chi connectivity index (χ1v) is 6.66. The van der Waals surface area contributed by atoms with E-state index in [0.29, 0.717) is 6.61 Å². The van der Waals surface area contributed by atoms with Gasteiger partial charge in [-0.15, -0.1) is 0 Å². The Morgan fingerprint density at radius 3 is 2.89 bits per heavy atom. The molecule has 0 fully saturated rings. The molecule has 1 unspecified atom stereocenters. The van der Waals surface area contributed by atoms with Crippen LogP contribution in [0.5, 0.6) is 5.75 Å². The number of hydrogen-bond acceptors (Lipinski definition) is 3. The lowest BCUT2D eigenvalue weighted by molar-refractivity contribution is 0.305. The van der Waals surface area contributed by atoms with Crippen LogP contribution in [-0.4, -0.2) is 15.8 Å². The number of aromatic nitrogens is 2. The van der Waals surface area contributed by atoms with Crippen molar-refractivity contribution in [2.45, 2.75) is 39.5 Å². The lowest BCUT2D eigenvalue weighted by Crippen LogP contribution is -2.17. The van der Waals surface area contributed by atoms with Gasteiger partial charge >= 0.3 is 0 Å². The summed E-state index contributed by atoms with van der Waals surface area (Å²) in [7, 11) is 0. The average molecular weight is 259 g/mol. The van der Waals surface area contributed by atoms with Gasteiger partial charge in [0.15, 0.2) is 0 Å². The SMILES string of the molecule is CCn1cc(COc2cccc(CC(C)N)c2)cn1. The predicted octanol–water partition coefficient (Wildman–Crippen LogP) is 2.37. The monoisotopic (exact) mass is 259 g/mol. The van der Waals surface area contributed by atoms with Crippen LogP contribution in [-0.2, 0) is 19.6 Å². The van der Waals surface area contributed by atoms with Gasteiger partial charge in [-0.25, -0.2) is 0 Å². The molecule has 0 aliphatic heterocycles.